The molecule has 5 heteroatoms. The molecule has 2 rings (SSSR count). The summed E-state index contributed by atoms with van der Waals surface area (Å²) in [6.07, 6.45) is 3.13. The maximum absolute atomic E-state index is 11.4. The predicted molar refractivity (Wildman–Crippen MR) is 68.3 cm³/mol. The number of nitrogens with one attached hydrogen (secondary N) is 3. The highest BCUT2D eigenvalue weighted by Crippen LogP contribution is 2.12. The van der Waals surface area contributed by atoms with E-state index in [1.807, 2.05) is 6.92 Å². The minimum Gasteiger partial charge on any atom is -0.370 e. The number of aryl methyl sites for hydroxylation is 1. The van der Waals surface area contributed by atoms with Gasteiger partial charge >= 0.3 is 0 Å². The van der Waals surface area contributed by atoms with Gasteiger partial charge in [0.2, 0.25) is 0 Å². The van der Waals surface area contributed by atoms with Gasteiger partial charge in [0.15, 0.2) is 0 Å². The molecular formula is C12H20N4O. The summed E-state index contributed by atoms with van der Waals surface area (Å²) in [5.74, 6) is 2.12. The van der Waals surface area contributed by atoms with Crippen LogP contribution in [0.25, 0.3) is 0 Å². The first-order valence-electron chi connectivity index (χ1n) is 6.32. The van der Waals surface area contributed by atoms with E-state index in [1.165, 1.54) is 18.9 Å². The van der Waals surface area contributed by atoms with E-state index in [-0.39, 0.29) is 5.56 Å². The topological polar surface area (TPSA) is 69.8 Å². The third-order valence-corrected chi connectivity index (χ3v) is 3.16. The molecule has 3 N–H and O–H groups in total. The molecule has 5 nitrogen and oxygen atoms in total. The summed E-state index contributed by atoms with van der Waals surface area (Å²) in [4.78, 5) is 18.4. The molecule has 1 saturated heterocycles. The zero-order valence-electron chi connectivity index (χ0n) is 10.3. The molecule has 2 heterocycles. The standard InChI is InChI=1S/C12H20N4O/c1-2-10-15-11(7-12(17)16-10)14-8-9-3-5-13-6-4-9/h7,9,13H,2-6,8H2,1H3,(H2,14,15,16,17). The minimum atomic E-state index is -0.0790. The molecule has 0 radical (unpaired) electrons. The van der Waals surface area contributed by atoms with Crippen LogP contribution in [0.3, 0.4) is 0 Å². The summed E-state index contributed by atoms with van der Waals surface area (Å²) in [6.45, 7) is 5.07. The Morgan fingerprint density at radius 1 is 1.47 bits per heavy atom. The molecule has 0 aliphatic carbocycles. The normalized spacial score (nSPS) is 17.0. The highest BCUT2D eigenvalue weighted by atomic mass is 16.1. The van der Waals surface area contributed by atoms with Gasteiger partial charge < -0.3 is 15.6 Å². The second-order valence-electron chi connectivity index (χ2n) is 4.51. The van der Waals surface area contributed by atoms with Crippen LogP contribution in [0.5, 0.6) is 0 Å². The van der Waals surface area contributed by atoms with Gasteiger partial charge in [-0.05, 0) is 31.8 Å². The summed E-state index contributed by atoms with van der Waals surface area (Å²) < 4.78 is 0. The molecule has 1 aliphatic rings. The SMILES string of the molecule is CCc1nc(NCC2CCNCC2)cc(=O)[nH]1. The van der Waals surface area contributed by atoms with Crippen molar-refractivity contribution in [3.63, 3.8) is 0 Å². The van der Waals surface area contributed by atoms with E-state index in [9.17, 15) is 4.79 Å². The van der Waals surface area contributed by atoms with E-state index in [2.05, 4.69) is 20.6 Å². The van der Waals surface area contributed by atoms with Gasteiger partial charge in [0.1, 0.15) is 11.6 Å². The number of aromatic nitrogens is 2. The van der Waals surface area contributed by atoms with E-state index < -0.39 is 0 Å². The molecule has 0 saturated carbocycles. The lowest BCUT2D eigenvalue weighted by atomic mass is 9.98. The lowest BCUT2D eigenvalue weighted by Crippen LogP contribution is -2.31. The fourth-order valence-electron chi connectivity index (χ4n) is 2.10. The van der Waals surface area contributed by atoms with Crippen molar-refractivity contribution in [3.05, 3.63) is 22.2 Å². The second kappa shape index (κ2) is 5.82. The van der Waals surface area contributed by atoms with Gasteiger partial charge in [0, 0.05) is 19.0 Å². The fraction of sp³-hybridized carbons (Fsp3) is 0.667. The number of rotatable bonds is 4. The Kier molecular flexibility index (Phi) is 4.14. The van der Waals surface area contributed by atoms with Gasteiger partial charge in [-0.25, -0.2) is 4.98 Å². The van der Waals surface area contributed by atoms with Gasteiger partial charge in [-0.2, -0.15) is 0 Å². The molecule has 1 fully saturated rings. The Balaban J connectivity index is 1.93. The molecule has 0 aromatic carbocycles. The van der Waals surface area contributed by atoms with Crippen LogP contribution in [0, 0.1) is 5.92 Å². The van der Waals surface area contributed by atoms with Crippen molar-refractivity contribution >= 4 is 5.82 Å². The van der Waals surface area contributed by atoms with Gasteiger partial charge in [-0.1, -0.05) is 6.92 Å². The van der Waals surface area contributed by atoms with E-state index in [0.717, 1.165) is 31.9 Å². The summed E-state index contributed by atoms with van der Waals surface area (Å²) in [5, 5.41) is 6.61. The number of aromatic amines is 1. The third-order valence-electron chi connectivity index (χ3n) is 3.16. The Morgan fingerprint density at radius 3 is 2.94 bits per heavy atom. The number of H-pyrrole nitrogens is 1. The maximum atomic E-state index is 11.4. The average molecular weight is 236 g/mol. The Labute approximate surface area is 101 Å². The largest absolute Gasteiger partial charge is 0.370 e. The number of hydrogen-bond donors (Lipinski definition) is 3. The minimum absolute atomic E-state index is 0.0790. The van der Waals surface area contributed by atoms with Gasteiger partial charge in [0.05, 0.1) is 0 Å². The van der Waals surface area contributed by atoms with Crippen LogP contribution in [0.1, 0.15) is 25.6 Å². The first kappa shape index (κ1) is 12.1. The Morgan fingerprint density at radius 2 is 2.24 bits per heavy atom. The van der Waals surface area contributed by atoms with Gasteiger partial charge in [0.25, 0.3) is 5.56 Å². The number of nitrogens with zero attached hydrogens (tertiary/aromatic N) is 1. The summed E-state index contributed by atoms with van der Waals surface area (Å²) in [7, 11) is 0. The molecule has 94 valence electrons. The van der Waals surface area contributed by atoms with Crippen LogP contribution < -0.4 is 16.2 Å². The molecule has 1 aliphatic heterocycles. The van der Waals surface area contributed by atoms with Gasteiger partial charge in [-0.15, -0.1) is 0 Å². The molecule has 0 amide bonds. The first-order valence-corrected chi connectivity index (χ1v) is 6.32. The quantitative estimate of drug-likeness (QED) is 0.721. The smallest absolute Gasteiger partial charge is 0.252 e. The predicted octanol–water partition coefficient (Wildman–Crippen LogP) is 0.744. The van der Waals surface area contributed by atoms with Crippen LogP contribution in [0.15, 0.2) is 10.9 Å². The molecule has 0 atom stereocenters. The summed E-state index contributed by atoms with van der Waals surface area (Å²) in [6, 6.07) is 1.53. The third kappa shape index (κ3) is 3.56. The molecule has 0 unspecified atom stereocenters. The monoisotopic (exact) mass is 236 g/mol. The number of hydrogen-bond acceptors (Lipinski definition) is 4. The van der Waals surface area contributed by atoms with Crippen molar-refractivity contribution in [2.45, 2.75) is 26.2 Å². The zero-order chi connectivity index (χ0) is 12.1. The number of anilines is 1. The number of piperidine rings is 1. The van der Waals surface area contributed by atoms with Gasteiger partial charge in [-0.3, -0.25) is 4.79 Å². The highest BCUT2D eigenvalue weighted by Gasteiger charge is 2.12. The van der Waals surface area contributed by atoms with Crippen molar-refractivity contribution in [1.82, 2.24) is 15.3 Å². The Bertz CT molecular complexity index is 409. The van der Waals surface area contributed by atoms with Crippen LogP contribution >= 0.6 is 0 Å². The van der Waals surface area contributed by atoms with E-state index >= 15 is 0 Å². The molecule has 0 bridgehead atoms. The van der Waals surface area contributed by atoms with Crippen molar-refractivity contribution in [2.24, 2.45) is 5.92 Å². The highest BCUT2D eigenvalue weighted by molar-refractivity contribution is 5.32. The lowest BCUT2D eigenvalue weighted by Gasteiger charge is -2.22. The molecule has 0 spiro atoms. The molecule has 1 aromatic rings. The zero-order valence-corrected chi connectivity index (χ0v) is 10.3. The van der Waals surface area contributed by atoms with Crippen molar-refractivity contribution in [3.8, 4) is 0 Å². The lowest BCUT2D eigenvalue weighted by molar-refractivity contribution is 0.389. The molecule has 1 aromatic heterocycles. The van der Waals surface area contributed by atoms with Crippen LogP contribution in [0.2, 0.25) is 0 Å². The summed E-state index contributed by atoms with van der Waals surface area (Å²) in [5.41, 5.74) is -0.0790. The Hall–Kier alpha value is -1.36. The summed E-state index contributed by atoms with van der Waals surface area (Å²) >= 11 is 0. The first-order chi connectivity index (χ1) is 8.28. The average Bonchev–Trinajstić information content (AvgIpc) is 2.37. The van der Waals surface area contributed by atoms with E-state index in [1.54, 1.807) is 0 Å². The van der Waals surface area contributed by atoms with Crippen molar-refractivity contribution < 1.29 is 0 Å². The fourth-order valence-corrected chi connectivity index (χ4v) is 2.10. The van der Waals surface area contributed by atoms with Crippen LogP contribution in [0.4, 0.5) is 5.82 Å². The maximum Gasteiger partial charge on any atom is 0.252 e. The van der Waals surface area contributed by atoms with Crippen LogP contribution in [-0.4, -0.2) is 29.6 Å². The van der Waals surface area contributed by atoms with Crippen molar-refractivity contribution in [2.75, 3.05) is 25.0 Å². The second-order valence-corrected chi connectivity index (χ2v) is 4.51. The molecular weight excluding hydrogens is 216 g/mol. The van der Waals surface area contributed by atoms with E-state index in [4.69, 9.17) is 0 Å². The van der Waals surface area contributed by atoms with Crippen molar-refractivity contribution in [1.29, 1.82) is 0 Å². The van der Waals surface area contributed by atoms with E-state index in [0.29, 0.717) is 11.7 Å². The van der Waals surface area contributed by atoms with Crippen LogP contribution in [-0.2, 0) is 6.42 Å². The molecule has 17 heavy (non-hydrogen) atoms.